The van der Waals surface area contributed by atoms with Crippen molar-refractivity contribution in [3.8, 4) is 5.75 Å². The molecule has 3 rings (SSSR count). The van der Waals surface area contributed by atoms with Crippen LogP contribution in [0.1, 0.15) is 21.7 Å². The number of nitrogens with zero attached hydrogens (tertiary/aromatic N) is 4. The fourth-order valence-electron chi connectivity index (χ4n) is 2.33. The molecule has 0 saturated carbocycles. The number of halogens is 1. The summed E-state index contributed by atoms with van der Waals surface area (Å²) in [7, 11) is 0. The van der Waals surface area contributed by atoms with E-state index in [1.165, 1.54) is 41.1 Å². The number of aromatic nitrogens is 3. The van der Waals surface area contributed by atoms with Crippen molar-refractivity contribution in [2.24, 2.45) is 5.73 Å². The number of rotatable bonds is 8. The molecule has 0 fully saturated rings. The first-order chi connectivity index (χ1) is 13.8. The van der Waals surface area contributed by atoms with Crippen LogP contribution >= 0.6 is 11.8 Å². The molecule has 2 aromatic carbocycles. The molecule has 1 aromatic heterocycles. The van der Waals surface area contributed by atoms with Crippen molar-refractivity contribution in [1.82, 2.24) is 14.9 Å². The van der Waals surface area contributed by atoms with Crippen molar-refractivity contribution in [1.29, 1.82) is 0 Å². The van der Waals surface area contributed by atoms with E-state index in [2.05, 4.69) is 10.2 Å². The lowest BCUT2D eigenvalue weighted by molar-refractivity contribution is -0.385. The number of nitro benzene ring substituents is 1. The predicted octanol–water partition coefficient (Wildman–Crippen LogP) is 2.01. The molecule has 0 aliphatic carbocycles. The first-order valence-electron chi connectivity index (χ1n) is 8.13. The molecular weight excluding hydrogens is 403 g/mol. The summed E-state index contributed by atoms with van der Waals surface area (Å²) in [5, 5.41) is 19.5. The predicted molar refractivity (Wildman–Crippen MR) is 102 cm³/mol. The minimum atomic E-state index is -0.750. The van der Waals surface area contributed by atoms with Crippen LogP contribution in [-0.4, -0.2) is 25.7 Å². The van der Waals surface area contributed by atoms with Crippen molar-refractivity contribution >= 4 is 23.4 Å². The number of ether oxygens (including phenoxy) is 1. The molecule has 0 spiro atoms. The second-order valence-corrected chi connectivity index (χ2v) is 6.71. The maximum Gasteiger partial charge on any atom is 0.274 e. The van der Waals surface area contributed by atoms with Gasteiger partial charge in [0.1, 0.15) is 18.2 Å². The summed E-state index contributed by atoms with van der Waals surface area (Å²) >= 11 is 1.13. The second-order valence-electron chi connectivity index (χ2n) is 5.76. The Labute approximate surface area is 167 Å². The lowest BCUT2D eigenvalue weighted by Gasteiger charge is -2.07. The zero-order valence-electron chi connectivity index (χ0n) is 14.8. The Hall–Kier alpha value is -3.67. The minimum absolute atomic E-state index is 0.00312. The molecule has 1 amide bonds. The van der Waals surface area contributed by atoms with E-state index in [0.29, 0.717) is 22.3 Å². The standard InChI is InChI=1S/C17H15FN6O4S/c18-12-3-5-13(6-4-12)28-8-15-21-22-17(23(15)20)29-9-11-2-1-10(16(19)25)7-14(11)24(26)27/h1-7H,8-9,20H2,(H2,19,25). The SMILES string of the molecule is NC(=O)c1ccc(CSc2nnc(COc3ccc(F)cc3)n2N)c([N+](=O)[O-])c1. The van der Waals surface area contributed by atoms with Crippen molar-refractivity contribution < 1.29 is 18.8 Å². The molecule has 0 aliphatic rings. The number of nitrogens with two attached hydrogens (primary N) is 2. The fourth-order valence-corrected chi connectivity index (χ4v) is 3.21. The fraction of sp³-hybridized carbons (Fsp3) is 0.118. The number of thioether (sulfide) groups is 1. The Bertz CT molecular complexity index is 1060. The molecule has 0 bridgehead atoms. The van der Waals surface area contributed by atoms with Gasteiger partial charge in [-0.05, 0) is 30.3 Å². The smallest absolute Gasteiger partial charge is 0.274 e. The summed E-state index contributed by atoms with van der Waals surface area (Å²) in [6.07, 6.45) is 0. The van der Waals surface area contributed by atoms with Crippen LogP contribution < -0.4 is 16.3 Å². The summed E-state index contributed by atoms with van der Waals surface area (Å²) in [6.45, 7) is 0.00312. The Morgan fingerprint density at radius 2 is 1.97 bits per heavy atom. The van der Waals surface area contributed by atoms with Crippen LogP contribution in [0.15, 0.2) is 47.6 Å². The average molecular weight is 418 g/mol. The number of primary amides is 1. The van der Waals surface area contributed by atoms with E-state index in [9.17, 15) is 19.3 Å². The Balaban J connectivity index is 1.68. The summed E-state index contributed by atoms with van der Waals surface area (Å²) in [6, 6.07) is 9.48. The molecule has 0 radical (unpaired) electrons. The van der Waals surface area contributed by atoms with Crippen LogP contribution in [0, 0.1) is 15.9 Å². The third-order valence-corrected chi connectivity index (χ3v) is 4.83. The van der Waals surface area contributed by atoms with E-state index in [-0.39, 0.29) is 29.4 Å². The highest BCUT2D eigenvalue weighted by Crippen LogP contribution is 2.28. The number of nitrogen functional groups attached to an aromatic ring is 1. The zero-order chi connectivity index (χ0) is 21.0. The molecule has 0 saturated heterocycles. The van der Waals surface area contributed by atoms with E-state index in [4.69, 9.17) is 16.3 Å². The van der Waals surface area contributed by atoms with Crippen LogP contribution in [0.4, 0.5) is 10.1 Å². The second kappa shape index (κ2) is 8.56. The average Bonchev–Trinajstić information content (AvgIpc) is 3.05. The van der Waals surface area contributed by atoms with Crippen LogP contribution in [0.3, 0.4) is 0 Å². The highest BCUT2D eigenvalue weighted by atomic mass is 32.2. The molecule has 4 N–H and O–H groups in total. The van der Waals surface area contributed by atoms with E-state index >= 15 is 0 Å². The summed E-state index contributed by atoms with van der Waals surface area (Å²) in [5.74, 6) is 5.75. The number of carbonyl (C=O) groups excluding carboxylic acids is 1. The monoisotopic (exact) mass is 418 g/mol. The van der Waals surface area contributed by atoms with Gasteiger partial charge in [-0.15, -0.1) is 10.2 Å². The van der Waals surface area contributed by atoms with Gasteiger partial charge in [0.2, 0.25) is 11.1 Å². The Kier molecular flexibility index (Phi) is 5.93. The lowest BCUT2D eigenvalue weighted by Crippen LogP contribution is -2.16. The molecule has 29 heavy (non-hydrogen) atoms. The maximum absolute atomic E-state index is 12.9. The summed E-state index contributed by atoms with van der Waals surface area (Å²) < 4.78 is 19.6. The first kappa shape index (κ1) is 20.1. The van der Waals surface area contributed by atoms with Gasteiger partial charge in [0.15, 0.2) is 5.82 Å². The molecule has 12 heteroatoms. The molecule has 0 unspecified atom stereocenters. The molecule has 150 valence electrons. The van der Waals surface area contributed by atoms with Gasteiger partial charge in [-0.25, -0.2) is 9.07 Å². The number of amides is 1. The van der Waals surface area contributed by atoms with Gasteiger partial charge in [0.25, 0.3) is 5.69 Å². The van der Waals surface area contributed by atoms with Gasteiger partial charge in [-0.2, -0.15) is 0 Å². The number of hydrogen-bond donors (Lipinski definition) is 2. The van der Waals surface area contributed by atoms with Crippen LogP contribution in [0.2, 0.25) is 0 Å². The molecule has 10 nitrogen and oxygen atoms in total. The lowest BCUT2D eigenvalue weighted by atomic mass is 10.1. The normalized spacial score (nSPS) is 10.7. The molecule has 3 aromatic rings. The molecular formula is C17H15FN6O4S. The number of carbonyl (C=O) groups is 1. The number of nitro groups is 1. The molecule has 1 heterocycles. The Morgan fingerprint density at radius 1 is 1.24 bits per heavy atom. The highest BCUT2D eigenvalue weighted by Gasteiger charge is 2.18. The number of hydrogen-bond acceptors (Lipinski definition) is 8. The summed E-state index contributed by atoms with van der Waals surface area (Å²) in [4.78, 5) is 21.9. The van der Waals surface area contributed by atoms with Gasteiger partial charge in [-0.1, -0.05) is 17.8 Å². The van der Waals surface area contributed by atoms with E-state index in [1.807, 2.05) is 0 Å². The van der Waals surface area contributed by atoms with Crippen molar-refractivity contribution in [3.63, 3.8) is 0 Å². The van der Waals surface area contributed by atoms with E-state index < -0.39 is 10.8 Å². The van der Waals surface area contributed by atoms with Crippen molar-refractivity contribution in [3.05, 3.63) is 75.3 Å². The van der Waals surface area contributed by atoms with Crippen molar-refractivity contribution in [2.75, 3.05) is 5.84 Å². The third-order valence-electron chi connectivity index (χ3n) is 3.84. The molecule has 0 aliphatic heterocycles. The van der Waals surface area contributed by atoms with Crippen LogP contribution in [0.25, 0.3) is 0 Å². The van der Waals surface area contributed by atoms with Gasteiger partial charge in [-0.3, -0.25) is 14.9 Å². The van der Waals surface area contributed by atoms with E-state index in [0.717, 1.165) is 17.8 Å². The van der Waals surface area contributed by atoms with Crippen molar-refractivity contribution in [2.45, 2.75) is 17.5 Å². The van der Waals surface area contributed by atoms with E-state index in [1.54, 1.807) is 0 Å². The zero-order valence-corrected chi connectivity index (χ0v) is 15.6. The van der Waals surface area contributed by atoms with Gasteiger partial charge in [0.05, 0.1) is 4.92 Å². The van der Waals surface area contributed by atoms with Crippen LogP contribution in [-0.2, 0) is 12.4 Å². The number of benzene rings is 2. The highest BCUT2D eigenvalue weighted by molar-refractivity contribution is 7.98. The minimum Gasteiger partial charge on any atom is -0.486 e. The topological polar surface area (TPSA) is 152 Å². The van der Waals surface area contributed by atoms with Crippen LogP contribution in [0.5, 0.6) is 5.75 Å². The first-order valence-corrected chi connectivity index (χ1v) is 9.11. The maximum atomic E-state index is 12.9. The quantitative estimate of drug-likeness (QED) is 0.244. The van der Waals surface area contributed by atoms with Gasteiger partial charge < -0.3 is 16.3 Å². The van der Waals surface area contributed by atoms with Gasteiger partial charge in [0, 0.05) is 22.9 Å². The molecule has 0 atom stereocenters. The third kappa shape index (κ3) is 4.79. The van der Waals surface area contributed by atoms with Gasteiger partial charge >= 0.3 is 0 Å². The largest absolute Gasteiger partial charge is 0.486 e. The Morgan fingerprint density at radius 3 is 2.62 bits per heavy atom. The summed E-state index contributed by atoms with van der Waals surface area (Å²) in [5.41, 5.74) is 5.36.